The Morgan fingerprint density at radius 2 is 2.15 bits per heavy atom. The van der Waals surface area contributed by atoms with Gasteiger partial charge in [-0.15, -0.1) is 0 Å². The van der Waals surface area contributed by atoms with E-state index in [2.05, 4.69) is 5.32 Å². The van der Waals surface area contributed by atoms with Crippen LogP contribution in [0.25, 0.3) is 0 Å². The lowest BCUT2D eigenvalue weighted by atomic mass is 9.98. The normalized spacial score (nSPS) is 20.0. The molecule has 0 unspecified atom stereocenters. The molecule has 2 N–H and O–H groups in total. The number of urea groups is 1. The largest absolute Gasteiger partial charge is 0.491 e. The second-order valence-electron chi connectivity index (χ2n) is 7.03. The molecule has 0 radical (unpaired) electrons. The van der Waals surface area contributed by atoms with Crippen molar-refractivity contribution in [2.45, 2.75) is 32.9 Å². The smallest absolute Gasteiger partial charge is 0.317 e. The molecule has 1 fully saturated rings. The predicted molar refractivity (Wildman–Crippen MR) is 96.6 cm³/mol. The average molecular weight is 361 g/mol. The number of rotatable bonds is 3. The Labute approximate surface area is 153 Å². The van der Waals surface area contributed by atoms with Crippen LogP contribution in [0.2, 0.25) is 0 Å². The van der Waals surface area contributed by atoms with Crippen LogP contribution in [0.4, 0.5) is 4.79 Å². The fourth-order valence-electron chi connectivity index (χ4n) is 3.58. The van der Waals surface area contributed by atoms with Gasteiger partial charge in [-0.1, -0.05) is 6.07 Å². The highest BCUT2D eigenvalue weighted by Gasteiger charge is 2.24. The first-order valence-electron chi connectivity index (χ1n) is 9.20. The molecule has 1 aromatic carbocycles. The summed E-state index contributed by atoms with van der Waals surface area (Å²) in [6, 6.07) is 5.45. The molecule has 3 rings (SSSR count). The van der Waals surface area contributed by atoms with E-state index in [-0.39, 0.29) is 18.5 Å². The van der Waals surface area contributed by atoms with Gasteiger partial charge in [-0.3, -0.25) is 4.79 Å². The Kier molecular flexibility index (Phi) is 5.98. The zero-order valence-electron chi connectivity index (χ0n) is 15.2. The lowest BCUT2D eigenvalue weighted by Crippen LogP contribution is -2.46. The van der Waals surface area contributed by atoms with E-state index in [0.29, 0.717) is 38.7 Å². The molecule has 0 saturated carbocycles. The van der Waals surface area contributed by atoms with Gasteiger partial charge < -0.3 is 25.0 Å². The fourth-order valence-corrected chi connectivity index (χ4v) is 3.58. The van der Waals surface area contributed by atoms with Crippen LogP contribution in [-0.2, 0) is 17.9 Å². The molecule has 2 aliphatic rings. The first-order chi connectivity index (χ1) is 12.6. The van der Waals surface area contributed by atoms with Gasteiger partial charge in [0.2, 0.25) is 5.91 Å². The van der Waals surface area contributed by atoms with E-state index >= 15 is 0 Å². The van der Waals surface area contributed by atoms with Crippen molar-refractivity contribution in [1.29, 1.82) is 0 Å². The van der Waals surface area contributed by atoms with Crippen LogP contribution in [-0.4, -0.2) is 59.6 Å². The van der Waals surface area contributed by atoms with E-state index in [1.54, 1.807) is 11.8 Å². The predicted octanol–water partition coefficient (Wildman–Crippen LogP) is 1.34. The minimum atomic E-state index is -0.115. The summed E-state index contributed by atoms with van der Waals surface area (Å²) in [4.78, 5) is 27.7. The highest BCUT2D eigenvalue weighted by molar-refractivity contribution is 5.74. The maximum Gasteiger partial charge on any atom is 0.317 e. The number of hydrogen-bond acceptors (Lipinski definition) is 4. The molecule has 7 nitrogen and oxygen atoms in total. The van der Waals surface area contributed by atoms with Crippen molar-refractivity contribution in [2.24, 2.45) is 5.92 Å². The lowest BCUT2D eigenvalue weighted by Gasteiger charge is -2.32. The number of carbonyl (C=O) groups excluding carboxylic acids is 2. The topological polar surface area (TPSA) is 82.1 Å². The van der Waals surface area contributed by atoms with Crippen molar-refractivity contribution in [2.75, 3.05) is 32.8 Å². The Morgan fingerprint density at radius 1 is 1.31 bits per heavy atom. The Hall–Kier alpha value is -2.28. The SMILES string of the molecule is CC(=O)N1CCC[C@H](CNC(=O)N2CCOc3ccc(CO)cc3C2)C1. The fraction of sp³-hybridized carbons (Fsp3) is 0.579. The van der Waals surface area contributed by atoms with Gasteiger partial charge >= 0.3 is 6.03 Å². The van der Waals surface area contributed by atoms with Gasteiger partial charge in [0.25, 0.3) is 0 Å². The highest BCUT2D eigenvalue weighted by Crippen LogP contribution is 2.24. The number of carbonyl (C=O) groups is 2. The molecule has 1 saturated heterocycles. The molecule has 1 atom stereocenters. The quantitative estimate of drug-likeness (QED) is 0.851. The Balaban J connectivity index is 1.56. The third-order valence-electron chi connectivity index (χ3n) is 5.08. The molecule has 2 heterocycles. The zero-order chi connectivity index (χ0) is 18.5. The number of amides is 3. The van der Waals surface area contributed by atoms with Gasteiger partial charge in [-0.2, -0.15) is 0 Å². The van der Waals surface area contributed by atoms with Gasteiger partial charge in [0.15, 0.2) is 0 Å². The van der Waals surface area contributed by atoms with Crippen LogP contribution in [0.1, 0.15) is 30.9 Å². The number of likely N-dealkylation sites (tertiary alicyclic amines) is 1. The summed E-state index contributed by atoms with van der Waals surface area (Å²) in [7, 11) is 0. The molecular formula is C19H27N3O4. The van der Waals surface area contributed by atoms with Crippen LogP contribution in [0.15, 0.2) is 18.2 Å². The van der Waals surface area contributed by atoms with E-state index < -0.39 is 0 Å². The maximum absolute atomic E-state index is 12.6. The van der Waals surface area contributed by atoms with E-state index in [1.165, 1.54) is 0 Å². The minimum Gasteiger partial charge on any atom is -0.491 e. The number of fused-ring (bicyclic) bond motifs is 1. The number of nitrogens with zero attached hydrogens (tertiary/aromatic N) is 2. The molecule has 0 spiro atoms. The molecule has 26 heavy (non-hydrogen) atoms. The second-order valence-corrected chi connectivity index (χ2v) is 7.03. The maximum atomic E-state index is 12.6. The van der Waals surface area contributed by atoms with Gasteiger partial charge in [-0.25, -0.2) is 4.79 Å². The first-order valence-corrected chi connectivity index (χ1v) is 9.20. The van der Waals surface area contributed by atoms with E-state index in [9.17, 15) is 14.7 Å². The summed E-state index contributed by atoms with van der Waals surface area (Å²) in [5, 5.41) is 12.3. The third-order valence-corrected chi connectivity index (χ3v) is 5.08. The second kappa shape index (κ2) is 8.40. The lowest BCUT2D eigenvalue weighted by molar-refractivity contribution is -0.130. The zero-order valence-corrected chi connectivity index (χ0v) is 15.2. The number of benzene rings is 1. The average Bonchev–Trinajstić information content (AvgIpc) is 2.88. The minimum absolute atomic E-state index is 0.0339. The summed E-state index contributed by atoms with van der Waals surface area (Å²) in [5.41, 5.74) is 1.71. The van der Waals surface area contributed by atoms with Crippen molar-refractivity contribution in [1.82, 2.24) is 15.1 Å². The number of piperidine rings is 1. The Bertz CT molecular complexity index is 664. The number of aliphatic hydroxyl groups excluding tert-OH is 1. The monoisotopic (exact) mass is 361 g/mol. The highest BCUT2D eigenvalue weighted by atomic mass is 16.5. The van der Waals surface area contributed by atoms with Crippen LogP contribution in [0.3, 0.4) is 0 Å². The van der Waals surface area contributed by atoms with E-state index in [1.807, 2.05) is 23.1 Å². The summed E-state index contributed by atoms with van der Waals surface area (Å²) < 4.78 is 5.72. The molecule has 0 bridgehead atoms. The Morgan fingerprint density at radius 3 is 2.92 bits per heavy atom. The molecule has 1 aromatic rings. The third kappa shape index (κ3) is 4.46. The van der Waals surface area contributed by atoms with Gasteiger partial charge in [-0.05, 0) is 36.5 Å². The van der Waals surface area contributed by atoms with Gasteiger partial charge in [0.1, 0.15) is 12.4 Å². The van der Waals surface area contributed by atoms with Gasteiger partial charge in [0.05, 0.1) is 19.7 Å². The van der Waals surface area contributed by atoms with Crippen molar-refractivity contribution in [3.8, 4) is 5.75 Å². The summed E-state index contributed by atoms with van der Waals surface area (Å²) in [6.07, 6.45) is 2.00. The molecule has 7 heteroatoms. The van der Waals surface area contributed by atoms with Crippen molar-refractivity contribution in [3.63, 3.8) is 0 Å². The van der Waals surface area contributed by atoms with Crippen LogP contribution in [0, 0.1) is 5.92 Å². The molecule has 0 aliphatic carbocycles. The summed E-state index contributed by atoms with van der Waals surface area (Å²) in [6.45, 7) is 5.07. The molecule has 3 amide bonds. The van der Waals surface area contributed by atoms with Crippen LogP contribution in [0.5, 0.6) is 5.75 Å². The molecule has 142 valence electrons. The molecule has 0 aromatic heterocycles. The van der Waals surface area contributed by atoms with E-state index in [0.717, 1.165) is 36.3 Å². The standard InChI is InChI=1S/C19H27N3O4/c1-14(24)21-6-2-3-16(11-21)10-20-19(25)22-7-8-26-18-5-4-15(13-23)9-17(18)12-22/h4-5,9,16,23H,2-3,6-8,10-13H2,1H3,(H,20,25)/t16-/m1/s1. The van der Waals surface area contributed by atoms with Crippen molar-refractivity contribution in [3.05, 3.63) is 29.3 Å². The van der Waals surface area contributed by atoms with Crippen LogP contribution < -0.4 is 10.1 Å². The van der Waals surface area contributed by atoms with Crippen molar-refractivity contribution >= 4 is 11.9 Å². The number of hydrogen-bond donors (Lipinski definition) is 2. The number of nitrogens with one attached hydrogen (secondary N) is 1. The summed E-state index contributed by atoms with van der Waals surface area (Å²) >= 11 is 0. The van der Waals surface area contributed by atoms with Crippen molar-refractivity contribution < 1.29 is 19.4 Å². The number of ether oxygens (including phenoxy) is 1. The summed E-state index contributed by atoms with van der Waals surface area (Å²) in [5.74, 6) is 1.16. The van der Waals surface area contributed by atoms with E-state index in [4.69, 9.17) is 4.74 Å². The van der Waals surface area contributed by atoms with Gasteiger partial charge in [0, 0.05) is 32.1 Å². The van der Waals surface area contributed by atoms with Crippen LogP contribution >= 0.6 is 0 Å². The molecular weight excluding hydrogens is 334 g/mol. The first kappa shape index (κ1) is 18.5. The molecule has 2 aliphatic heterocycles. The number of aliphatic hydroxyl groups is 1.